The van der Waals surface area contributed by atoms with E-state index in [9.17, 15) is 4.79 Å². The van der Waals surface area contributed by atoms with E-state index in [0.717, 1.165) is 18.7 Å². The van der Waals surface area contributed by atoms with E-state index in [1.54, 1.807) is 11.8 Å². The van der Waals surface area contributed by atoms with E-state index in [1.165, 1.54) is 36.8 Å². The average Bonchev–Trinajstić information content (AvgIpc) is 2.56. The van der Waals surface area contributed by atoms with Gasteiger partial charge in [0.1, 0.15) is 0 Å². The van der Waals surface area contributed by atoms with Gasteiger partial charge in [-0.15, -0.1) is 11.8 Å². The quantitative estimate of drug-likeness (QED) is 0.552. The first kappa shape index (κ1) is 16.9. The van der Waals surface area contributed by atoms with Crippen LogP contribution in [0.4, 0.5) is 0 Å². The Morgan fingerprint density at radius 1 is 1.23 bits per heavy atom. The van der Waals surface area contributed by atoms with Crippen molar-refractivity contribution in [1.82, 2.24) is 5.32 Å². The van der Waals surface area contributed by atoms with Crippen LogP contribution in [0.15, 0.2) is 47.4 Å². The third-order valence-electron chi connectivity index (χ3n) is 3.76. The van der Waals surface area contributed by atoms with Crippen molar-refractivity contribution in [1.29, 1.82) is 0 Å². The number of thioether (sulfide) groups is 1. The Morgan fingerprint density at radius 3 is 2.86 bits per heavy atom. The topological polar surface area (TPSA) is 29.1 Å². The molecule has 1 aliphatic carbocycles. The summed E-state index contributed by atoms with van der Waals surface area (Å²) in [5, 5.41) is 5.09. The Labute approximate surface area is 138 Å². The second-order valence-corrected chi connectivity index (χ2v) is 6.56. The molecule has 0 saturated heterocycles. The van der Waals surface area contributed by atoms with Gasteiger partial charge < -0.3 is 5.32 Å². The van der Waals surface area contributed by atoms with Crippen LogP contribution in [0.5, 0.6) is 0 Å². The summed E-state index contributed by atoms with van der Waals surface area (Å²) in [6, 6.07) is 10.2. The SMILES string of the molecule is O=C(CCSC=Cc1ccccc1)NCCC1=CCCCC1. The summed E-state index contributed by atoms with van der Waals surface area (Å²) in [4.78, 5) is 11.7. The van der Waals surface area contributed by atoms with Gasteiger partial charge in [-0.05, 0) is 49.2 Å². The van der Waals surface area contributed by atoms with Crippen LogP contribution >= 0.6 is 11.8 Å². The highest BCUT2D eigenvalue weighted by atomic mass is 32.2. The fourth-order valence-corrected chi connectivity index (χ4v) is 3.19. The van der Waals surface area contributed by atoms with Crippen LogP contribution in [0, 0.1) is 0 Å². The number of carbonyl (C=O) groups is 1. The number of carbonyl (C=O) groups excluding carboxylic acids is 1. The molecule has 0 heterocycles. The molecule has 1 aromatic rings. The molecule has 0 radical (unpaired) electrons. The average molecular weight is 315 g/mol. The molecule has 1 aliphatic rings. The predicted octanol–water partition coefficient (Wildman–Crippen LogP) is 4.79. The molecule has 2 nitrogen and oxygen atoms in total. The zero-order valence-corrected chi connectivity index (χ0v) is 13.9. The van der Waals surface area contributed by atoms with Gasteiger partial charge in [0.2, 0.25) is 5.91 Å². The van der Waals surface area contributed by atoms with Gasteiger partial charge >= 0.3 is 0 Å². The Hall–Kier alpha value is -1.48. The van der Waals surface area contributed by atoms with Crippen molar-refractivity contribution in [3.8, 4) is 0 Å². The molecular formula is C19H25NOS. The minimum Gasteiger partial charge on any atom is -0.356 e. The molecule has 0 fully saturated rings. The molecule has 1 amide bonds. The third-order valence-corrected chi connectivity index (χ3v) is 4.52. The molecule has 0 unspecified atom stereocenters. The van der Waals surface area contributed by atoms with Crippen LogP contribution in [0.1, 0.15) is 44.1 Å². The number of benzene rings is 1. The van der Waals surface area contributed by atoms with Gasteiger partial charge in [0.05, 0.1) is 0 Å². The normalized spacial score (nSPS) is 14.8. The maximum atomic E-state index is 11.7. The number of hydrogen-bond acceptors (Lipinski definition) is 2. The number of nitrogens with one attached hydrogen (secondary N) is 1. The lowest BCUT2D eigenvalue weighted by Gasteiger charge is -2.12. The van der Waals surface area contributed by atoms with Crippen LogP contribution in [0.25, 0.3) is 6.08 Å². The van der Waals surface area contributed by atoms with Crippen LogP contribution in [-0.2, 0) is 4.79 Å². The van der Waals surface area contributed by atoms with Crippen molar-refractivity contribution < 1.29 is 4.79 Å². The van der Waals surface area contributed by atoms with Gasteiger partial charge in [-0.2, -0.15) is 0 Å². The first-order chi connectivity index (χ1) is 10.8. The standard InChI is InChI=1S/C19H25NOS/c21-19(20-14-11-17-7-3-1-4-8-17)13-16-22-15-12-18-9-5-2-6-10-18/h2,5-7,9-10,12,15H,1,3-4,8,11,13-14,16H2,(H,20,21). The van der Waals surface area contributed by atoms with Crippen molar-refractivity contribution in [3.05, 3.63) is 53.0 Å². The summed E-state index contributed by atoms with van der Waals surface area (Å²) in [7, 11) is 0. The molecule has 0 aliphatic heterocycles. The van der Waals surface area contributed by atoms with Gasteiger partial charge in [-0.3, -0.25) is 4.79 Å². The van der Waals surface area contributed by atoms with E-state index in [2.05, 4.69) is 35.0 Å². The summed E-state index contributed by atoms with van der Waals surface area (Å²) in [6.45, 7) is 0.787. The lowest BCUT2D eigenvalue weighted by Crippen LogP contribution is -2.25. The second-order valence-electron chi connectivity index (χ2n) is 5.54. The molecule has 118 valence electrons. The Morgan fingerprint density at radius 2 is 2.09 bits per heavy atom. The Balaban J connectivity index is 1.52. The predicted molar refractivity (Wildman–Crippen MR) is 96.7 cm³/mol. The number of hydrogen-bond donors (Lipinski definition) is 1. The number of rotatable bonds is 8. The summed E-state index contributed by atoms with van der Waals surface area (Å²) in [5.41, 5.74) is 2.71. The maximum absolute atomic E-state index is 11.7. The van der Waals surface area contributed by atoms with Crippen LogP contribution in [-0.4, -0.2) is 18.2 Å². The highest BCUT2D eigenvalue weighted by molar-refractivity contribution is 8.02. The zero-order valence-electron chi connectivity index (χ0n) is 13.1. The van der Waals surface area contributed by atoms with Crippen molar-refractivity contribution >= 4 is 23.7 Å². The minimum atomic E-state index is 0.164. The fourth-order valence-electron chi connectivity index (χ4n) is 2.49. The van der Waals surface area contributed by atoms with Crippen molar-refractivity contribution in [2.24, 2.45) is 0 Å². The van der Waals surface area contributed by atoms with E-state index in [-0.39, 0.29) is 5.91 Å². The summed E-state index contributed by atoms with van der Waals surface area (Å²) >= 11 is 1.69. The molecule has 0 spiro atoms. The van der Waals surface area contributed by atoms with Gasteiger partial charge in [-0.25, -0.2) is 0 Å². The molecule has 1 N–H and O–H groups in total. The molecule has 0 atom stereocenters. The van der Waals surface area contributed by atoms with E-state index < -0.39 is 0 Å². The van der Waals surface area contributed by atoms with Gasteiger partial charge in [0.15, 0.2) is 0 Å². The van der Waals surface area contributed by atoms with Crippen molar-refractivity contribution in [3.63, 3.8) is 0 Å². The Kier molecular flexibility index (Phi) is 7.89. The molecule has 3 heteroatoms. The zero-order chi connectivity index (χ0) is 15.5. The minimum absolute atomic E-state index is 0.164. The van der Waals surface area contributed by atoms with Crippen molar-refractivity contribution in [2.45, 2.75) is 38.5 Å². The highest BCUT2D eigenvalue weighted by Gasteiger charge is 2.04. The smallest absolute Gasteiger partial charge is 0.220 e. The largest absolute Gasteiger partial charge is 0.356 e. The molecule has 0 aromatic heterocycles. The summed E-state index contributed by atoms with van der Waals surface area (Å²) in [6.07, 6.45) is 11.1. The summed E-state index contributed by atoms with van der Waals surface area (Å²) < 4.78 is 0. The maximum Gasteiger partial charge on any atom is 0.220 e. The lowest BCUT2D eigenvalue weighted by molar-refractivity contribution is -0.120. The van der Waals surface area contributed by atoms with Gasteiger partial charge in [-0.1, -0.05) is 42.0 Å². The fraction of sp³-hybridized carbons (Fsp3) is 0.421. The van der Waals surface area contributed by atoms with Crippen LogP contribution in [0.2, 0.25) is 0 Å². The number of amides is 1. The molecular weight excluding hydrogens is 290 g/mol. The number of allylic oxidation sites excluding steroid dienone is 1. The third kappa shape index (κ3) is 6.99. The monoisotopic (exact) mass is 315 g/mol. The van der Waals surface area contributed by atoms with Gasteiger partial charge in [0.25, 0.3) is 0 Å². The van der Waals surface area contributed by atoms with E-state index >= 15 is 0 Å². The van der Waals surface area contributed by atoms with E-state index in [0.29, 0.717) is 6.42 Å². The Bertz CT molecular complexity index is 507. The van der Waals surface area contributed by atoms with Crippen LogP contribution < -0.4 is 5.32 Å². The second kappa shape index (κ2) is 10.3. The summed E-state index contributed by atoms with van der Waals surface area (Å²) in [5.74, 6) is 0.995. The molecule has 0 saturated carbocycles. The lowest BCUT2D eigenvalue weighted by atomic mass is 9.97. The van der Waals surface area contributed by atoms with Gasteiger partial charge in [0, 0.05) is 18.7 Å². The molecule has 2 rings (SSSR count). The highest BCUT2D eigenvalue weighted by Crippen LogP contribution is 2.19. The van der Waals surface area contributed by atoms with E-state index in [1.807, 2.05) is 18.2 Å². The molecule has 0 bridgehead atoms. The van der Waals surface area contributed by atoms with E-state index in [4.69, 9.17) is 0 Å². The first-order valence-corrected chi connectivity index (χ1v) is 9.17. The first-order valence-electron chi connectivity index (χ1n) is 8.12. The molecule has 1 aromatic carbocycles. The van der Waals surface area contributed by atoms with Crippen LogP contribution in [0.3, 0.4) is 0 Å². The van der Waals surface area contributed by atoms with Crippen molar-refractivity contribution in [2.75, 3.05) is 12.3 Å². The molecule has 22 heavy (non-hydrogen) atoms.